The molecule has 2 heterocycles. The van der Waals surface area contributed by atoms with Crippen LogP contribution in [-0.4, -0.2) is 46.9 Å². The lowest BCUT2D eigenvalue weighted by molar-refractivity contribution is 0.199. The molecule has 2 aromatic heterocycles. The van der Waals surface area contributed by atoms with Crippen LogP contribution in [0.25, 0.3) is 11.5 Å². The van der Waals surface area contributed by atoms with E-state index in [1.165, 1.54) is 0 Å². The highest BCUT2D eigenvalue weighted by molar-refractivity contribution is 7.84. The molecule has 0 amide bonds. The molecule has 0 saturated heterocycles. The van der Waals surface area contributed by atoms with E-state index in [0.717, 1.165) is 0 Å². The van der Waals surface area contributed by atoms with Crippen molar-refractivity contribution in [2.24, 2.45) is 0 Å². The molecular weight excluding hydrogens is 366 g/mol. The summed E-state index contributed by atoms with van der Waals surface area (Å²) in [4.78, 5) is 12.9. The van der Waals surface area contributed by atoms with Crippen molar-refractivity contribution >= 4 is 19.1 Å². The largest absolute Gasteiger partial charge is 0.487 e. The molecule has 6 nitrogen and oxygen atoms in total. The van der Waals surface area contributed by atoms with Gasteiger partial charge in [-0.1, -0.05) is 26.8 Å². The minimum absolute atomic E-state index is 0.149. The van der Waals surface area contributed by atoms with Crippen molar-refractivity contribution in [2.45, 2.75) is 43.9 Å². The average molecular weight is 394 g/mol. The first-order chi connectivity index (χ1) is 12.1. The fraction of sp³-hybridized carbons (Fsp3) is 0.500. The van der Waals surface area contributed by atoms with Gasteiger partial charge in [0.1, 0.15) is 12.3 Å². The van der Waals surface area contributed by atoms with Gasteiger partial charge in [-0.3, -0.25) is 9.19 Å². The number of ether oxygens (including phenoxy) is 1. The van der Waals surface area contributed by atoms with Crippen molar-refractivity contribution in [3.8, 4) is 17.3 Å². The Hall–Kier alpha value is -1.64. The monoisotopic (exact) mass is 393 g/mol. The molecule has 1 atom stereocenters. The molecule has 0 N–H and O–H groups in total. The smallest absolute Gasteiger partial charge is 0.192 e. The van der Waals surface area contributed by atoms with E-state index < -0.39 is 19.1 Å². The number of hydrogen-bond acceptors (Lipinski definition) is 6. The number of rotatable bonds is 7. The lowest BCUT2D eigenvalue weighted by Gasteiger charge is -2.36. The molecule has 0 aliphatic heterocycles. The van der Waals surface area contributed by atoms with Crippen LogP contribution in [0.5, 0.6) is 5.75 Å². The van der Waals surface area contributed by atoms with Crippen molar-refractivity contribution in [3.63, 3.8) is 0 Å². The maximum atomic E-state index is 12.1. The van der Waals surface area contributed by atoms with E-state index in [4.69, 9.17) is 9.16 Å². The Morgan fingerprint density at radius 3 is 2.46 bits per heavy atom. The third kappa shape index (κ3) is 5.18. The summed E-state index contributed by atoms with van der Waals surface area (Å²) in [6, 6.07) is 5.49. The van der Waals surface area contributed by atoms with E-state index in [9.17, 15) is 4.21 Å². The maximum absolute atomic E-state index is 12.1. The molecule has 8 heteroatoms. The van der Waals surface area contributed by atoms with Crippen molar-refractivity contribution in [1.82, 2.24) is 15.0 Å². The zero-order valence-electron chi connectivity index (χ0n) is 16.3. The molecule has 0 saturated carbocycles. The first-order valence-corrected chi connectivity index (χ1v) is 13.0. The maximum Gasteiger partial charge on any atom is 0.192 e. The molecule has 2 rings (SSSR count). The van der Waals surface area contributed by atoms with E-state index in [-0.39, 0.29) is 5.04 Å². The number of hydrogen-bond donors (Lipinski definition) is 0. The second-order valence-corrected chi connectivity index (χ2v) is 13.6. The van der Waals surface area contributed by atoms with Crippen molar-refractivity contribution in [2.75, 3.05) is 19.5 Å². The molecule has 0 aliphatic carbocycles. The quantitative estimate of drug-likeness (QED) is 0.406. The van der Waals surface area contributed by atoms with Gasteiger partial charge in [0.25, 0.3) is 0 Å². The van der Waals surface area contributed by atoms with Crippen LogP contribution in [0.15, 0.2) is 35.6 Å². The summed E-state index contributed by atoms with van der Waals surface area (Å²) in [5.74, 6) is 0.852. The standard InChI is InChI=1S/C18H27N3O3SSi/c1-18(2,3)26(5,6)24-12-11-23-15-13-20-16(21-17(15)25(4)22)14-9-7-8-10-19-14/h7-10,13H,11-12H2,1-6H3. The number of aromatic nitrogens is 3. The topological polar surface area (TPSA) is 74.2 Å². The number of pyridine rings is 1. The Bertz CT molecular complexity index is 764. The van der Waals surface area contributed by atoms with E-state index in [2.05, 4.69) is 48.8 Å². The van der Waals surface area contributed by atoms with Gasteiger partial charge >= 0.3 is 0 Å². The van der Waals surface area contributed by atoms with Gasteiger partial charge in [-0.05, 0) is 30.3 Å². The summed E-state index contributed by atoms with van der Waals surface area (Å²) in [5, 5.41) is 0.518. The molecule has 2 aromatic rings. The first-order valence-electron chi connectivity index (χ1n) is 8.50. The highest BCUT2D eigenvalue weighted by Crippen LogP contribution is 2.36. The Kier molecular flexibility index (Phi) is 6.65. The molecule has 0 bridgehead atoms. The van der Waals surface area contributed by atoms with Crippen molar-refractivity contribution in [1.29, 1.82) is 0 Å². The van der Waals surface area contributed by atoms with Gasteiger partial charge in [0.2, 0.25) is 0 Å². The van der Waals surface area contributed by atoms with Crippen LogP contribution in [0.4, 0.5) is 0 Å². The third-order valence-electron chi connectivity index (χ3n) is 4.50. The van der Waals surface area contributed by atoms with Gasteiger partial charge in [0.05, 0.1) is 23.6 Å². The lowest BCUT2D eigenvalue weighted by Crippen LogP contribution is -2.41. The Balaban J connectivity index is 2.07. The summed E-state index contributed by atoms with van der Waals surface area (Å²) in [7, 11) is -3.11. The SMILES string of the molecule is CS(=O)c1nc(-c2ccccn2)ncc1OCCO[Si](C)(C)C(C)(C)C. The second-order valence-electron chi connectivity index (χ2n) is 7.49. The van der Waals surface area contributed by atoms with E-state index in [1.807, 2.05) is 18.2 Å². The predicted molar refractivity (Wildman–Crippen MR) is 106 cm³/mol. The molecule has 0 spiro atoms. The third-order valence-corrected chi connectivity index (χ3v) is 9.87. The summed E-state index contributed by atoms with van der Waals surface area (Å²) in [6.45, 7) is 11.8. The minimum atomic E-state index is -1.81. The molecule has 1 unspecified atom stereocenters. The summed E-state index contributed by atoms with van der Waals surface area (Å²) >= 11 is 0. The highest BCUT2D eigenvalue weighted by atomic mass is 32.2. The molecule has 0 aromatic carbocycles. The van der Waals surface area contributed by atoms with Crippen molar-refractivity contribution in [3.05, 3.63) is 30.6 Å². The second kappa shape index (κ2) is 8.37. The van der Waals surface area contributed by atoms with E-state index >= 15 is 0 Å². The Morgan fingerprint density at radius 1 is 1.15 bits per heavy atom. The zero-order chi connectivity index (χ0) is 19.4. The number of nitrogens with zero attached hydrogens (tertiary/aromatic N) is 3. The van der Waals surface area contributed by atoms with Crippen LogP contribution in [0, 0.1) is 0 Å². The normalized spacial score (nSPS) is 13.5. The molecule has 0 fully saturated rings. The average Bonchev–Trinajstić information content (AvgIpc) is 2.58. The summed E-state index contributed by atoms with van der Waals surface area (Å²) < 4.78 is 23.9. The molecule has 0 radical (unpaired) electrons. The fourth-order valence-corrected chi connectivity index (χ4v) is 3.58. The molecule has 142 valence electrons. The zero-order valence-corrected chi connectivity index (χ0v) is 18.1. The van der Waals surface area contributed by atoms with Gasteiger partial charge in [0.15, 0.2) is 24.9 Å². The van der Waals surface area contributed by atoms with Crippen LogP contribution in [0.2, 0.25) is 18.1 Å². The van der Waals surface area contributed by atoms with Crippen LogP contribution in [0.1, 0.15) is 20.8 Å². The summed E-state index contributed by atoms with van der Waals surface area (Å²) in [6.07, 6.45) is 4.80. The van der Waals surface area contributed by atoms with Crippen molar-refractivity contribution < 1.29 is 13.4 Å². The summed E-state index contributed by atoms with van der Waals surface area (Å²) in [5.41, 5.74) is 0.631. The highest BCUT2D eigenvalue weighted by Gasteiger charge is 2.36. The fourth-order valence-electron chi connectivity index (χ4n) is 1.94. The van der Waals surface area contributed by atoms with Crippen LogP contribution < -0.4 is 4.74 Å². The lowest BCUT2D eigenvalue weighted by atomic mass is 10.2. The van der Waals surface area contributed by atoms with Crippen LogP contribution >= 0.6 is 0 Å². The van der Waals surface area contributed by atoms with Gasteiger partial charge in [-0.2, -0.15) is 0 Å². The molecular formula is C18H27N3O3SSi. The first kappa shape index (κ1) is 20.7. The molecule has 26 heavy (non-hydrogen) atoms. The Morgan fingerprint density at radius 2 is 1.88 bits per heavy atom. The van der Waals surface area contributed by atoms with Gasteiger partial charge in [0, 0.05) is 12.5 Å². The minimum Gasteiger partial charge on any atom is -0.487 e. The van der Waals surface area contributed by atoms with Gasteiger partial charge in [-0.25, -0.2) is 9.97 Å². The van der Waals surface area contributed by atoms with Crippen LogP contribution in [-0.2, 0) is 15.2 Å². The van der Waals surface area contributed by atoms with E-state index in [1.54, 1.807) is 18.6 Å². The Labute approximate surface area is 159 Å². The van der Waals surface area contributed by atoms with Gasteiger partial charge < -0.3 is 9.16 Å². The molecule has 0 aliphatic rings. The predicted octanol–water partition coefficient (Wildman–Crippen LogP) is 3.68. The van der Waals surface area contributed by atoms with Gasteiger partial charge in [-0.15, -0.1) is 0 Å². The van der Waals surface area contributed by atoms with Crippen LogP contribution in [0.3, 0.4) is 0 Å². The van der Waals surface area contributed by atoms with E-state index in [0.29, 0.717) is 35.5 Å².